The van der Waals surface area contributed by atoms with Crippen LogP contribution < -0.4 is 9.47 Å². The minimum absolute atomic E-state index is 0. The summed E-state index contributed by atoms with van der Waals surface area (Å²) in [4.78, 5) is 6.73. The first-order chi connectivity index (χ1) is 12.6. The van der Waals surface area contributed by atoms with E-state index in [0.717, 1.165) is 11.4 Å². The number of hydrogen-bond acceptors (Lipinski definition) is 2. The SMILES string of the molecule is CN(C)c1ccc(N=Cc2ccc3c4ccccc4ccc3[n+]2C)cc1.I. The van der Waals surface area contributed by atoms with E-state index in [1.54, 1.807) is 0 Å². The van der Waals surface area contributed by atoms with Crippen molar-refractivity contribution in [2.45, 2.75) is 0 Å². The van der Waals surface area contributed by atoms with Crippen LogP contribution >= 0.6 is 24.0 Å². The zero-order valence-corrected chi connectivity index (χ0v) is 18.1. The Balaban J connectivity index is 0.00000210. The van der Waals surface area contributed by atoms with Crippen LogP contribution in [0.5, 0.6) is 0 Å². The Bertz CT molecular complexity index is 1120. The van der Waals surface area contributed by atoms with E-state index in [9.17, 15) is 0 Å². The summed E-state index contributed by atoms with van der Waals surface area (Å²) >= 11 is 0. The molecule has 0 saturated carbocycles. The summed E-state index contributed by atoms with van der Waals surface area (Å²) in [5, 5.41) is 3.81. The minimum atomic E-state index is 0. The molecule has 0 N–H and O–H groups in total. The summed E-state index contributed by atoms with van der Waals surface area (Å²) < 4.78 is 2.19. The van der Waals surface area contributed by atoms with Gasteiger partial charge in [-0.05, 0) is 47.2 Å². The third-order valence-corrected chi connectivity index (χ3v) is 4.83. The summed E-state index contributed by atoms with van der Waals surface area (Å²) in [5.74, 6) is 0. The van der Waals surface area contributed by atoms with E-state index in [2.05, 4.69) is 82.2 Å². The molecule has 4 heteroatoms. The lowest BCUT2D eigenvalue weighted by molar-refractivity contribution is -0.645. The Morgan fingerprint density at radius 3 is 2.30 bits per heavy atom. The highest BCUT2D eigenvalue weighted by molar-refractivity contribution is 14.0. The molecule has 1 aromatic heterocycles. The lowest BCUT2D eigenvalue weighted by atomic mass is 10.0. The quantitative estimate of drug-likeness (QED) is 0.174. The maximum Gasteiger partial charge on any atom is 0.223 e. The van der Waals surface area contributed by atoms with Gasteiger partial charge in [0.25, 0.3) is 0 Å². The zero-order valence-electron chi connectivity index (χ0n) is 15.8. The van der Waals surface area contributed by atoms with Crippen molar-refractivity contribution < 1.29 is 4.57 Å². The van der Waals surface area contributed by atoms with Crippen LogP contribution in [0.25, 0.3) is 21.7 Å². The van der Waals surface area contributed by atoms with E-state index in [0.29, 0.717) is 0 Å². The van der Waals surface area contributed by atoms with Crippen LogP contribution in [-0.4, -0.2) is 20.3 Å². The lowest BCUT2D eigenvalue weighted by Crippen LogP contribution is -2.34. The normalized spacial score (nSPS) is 11.1. The summed E-state index contributed by atoms with van der Waals surface area (Å²) in [6.07, 6.45) is 1.93. The van der Waals surface area contributed by atoms with Crippen LogP contribution in [0, 0.1) is 0 Å². The van der Waals surface area contributed by atoms with Gasteiger partial charge in [-0.1, -0.05) is 24.3 Å². The summed E-state index contributed by atoms with van der Waals surface area (Å²) in [6.45, 7) is 0. The zero-order chi connectivity index (χ0) is 18.1. The second-order valence-corrected chi connectivity index (χ2v) is 6.71. The first-order valence-electron chi connectivity index (χ1n) is 8.75. The van der Waals surface area contributed by atoms with Gasteiger partial charge >= 0.3 is 0 Å². The van der Waals surface area contributed by atoms with Gasteiger partial charge in [0.05, 0.1) is 17.3 Å². The molecule has 0 spiro atoms. The van der Waals surface area contributed by atoms with Gasteiger partial charge in [-0.2, -0.15) is 4.57 Å². The number of aliphatic imine (C=N–C) groups is 1. The Kier molecular flexibility index (Phi) is 5.75. The van der Waals surface area contributed by atoms with Crippen molar-refractivity contribution in [1.29, 1.82) is 0 Å². The Labute approximate surface area is 177 Å². The van der Waals surface area contributed by atoms with E-state index < -0.39 is 0 Å². The van der Waals surface area contributed by atoms with Crippen LogP contribution in [0.2, 0.25) is 0 Å². The maximum atomic E-state index is 4.64. The van der Waals surface area contributed by atoms with Gasteiger partial charge in [0, 0.05) is 31.9 Å². The van der Waals surface area contributed by atoms with Crippen molar-refractivity contribution in [2.24, 2.45) is 12.0 Å². The number of rotatable bonds is 3. The third kappa shape index (κ3) is 3.81. The highest BCUT2D eigenvalue weighted by Gasteiger charge is 2.12. The predicted octanol–water partition coefficient (Wildman–Crippen LogP) is 5.25. The number of nitrogens with zero attached hydrogens (tertiary/aromatic N) is 3. The Hall–Kier alpha value is -2.47. The molecule has 4 rings (SSSR count). The van der Waals surface area contributed by atoms with Crippen LogP contribution in [0.3, 0.4) is 0 Å². The minimum Gasteiger partial charge on any atom is -0.378 e. The molecule has 1 heterocycles. The molecular formula is C23H23IN3+. The van der Waals surface area contributed by atoms with Gasteiger partial charge in [-0.15, -0.1) is 24.0 Å². The van der Waals surface area contributed by atoms with Gasteiger partial charge < -0.3 is 4.90 Å². The molecule has 0 saturated heterocycles. The second kappa shape index (κ2) is 8.05. The van der Waals surface area contributed by atoms with Gasteiger partial charge in [-0.25, -0.2) is 4.99 Å². The van der Waals surface area contributed by atoms with Gasteiger partial charge in [0.15, 0.2) is 0 Å². The number of hydrogen-bond donors (Lipinski definition) is 0. The molecule has 0 radical (unpaired) electrons. The molecule has 136 valence electrons. The van der Waals surface area contributed by atoms with Crippen molar-refractivity contribution in [2.75, 3.05) is 19.0 Å². The molecule has 4 aromatic rings. The Morgan fingerprint density at radius 2 is 1.56 bits per heavy atom. The highest BCUT2D eigenvalue weighted by Crippen LogP contribution is 2.23. The van der Waals surface area contributed by atoms with Crippen LogP contribution in [0.15, 0.2) is 77.8 Å². The molecule has 0 aliphatic rings. The van der Waals surface area contributed by atoms with Gasteiger partial charge in [-0.3, -0.25) is 0 Å². The van der Waals surface area contributed by atoms with Crippen molar-refractivity contribution in [3.63, 3.8) is 0 Å². The molecule has 0 unspecified atom stereocenters. The van der Waals surface area contributed by atoms with Crippen molar-refractivity contribution in [3.05, 3.63) is 78.5 Å². The molecule has 0 aliphatic heterocycles. The first-order valence-corrected chi connectivity index (χ1v) is 8.75. The number of aromatic nitrogens is 1. The maximum absolute atomic E-state index is 4.64. The number of aryl methyl sites for hydroxylation is 1. The van der Waals surface area contributed by atoms with Crippen LogP contribution in [-0.2, 0) is 7.05 Å². The molecule has 0 atom stereocenters. The fourth-order valence-corrected chi connectivity index (χ4v) is 3.28. The van der Waals surface area contributed by atoms with Gasteiger partial charge in [0.2, 0.25) is 11.2 Å². The fraction of sp³-hybridized carbons (Fsp3) is 0.130. The van der Waals surface area contributed by atoms with E-state index in [1.165, 1.54) is 27.4 Å². The number of pyridine rings is 1. The second-order valence-electron chi connectivity index (χ2n) is 6.71. The van der Waals surface area contributed by atoms with Crippen LogP contribution in [0.4, 0.5) is 11.4 Å². The van der Waals surface area contributed by atoms with E-state index >= 15 is 0 Å². The number of fused-ring (bicyclic) bond motifs is 3. The smallest absolute Gasteiger partial charge is 0.223 e. The summed E-state index contributed by atoms with van der Waals surface area (Å²) in [6, 6.07) is 25.4. The Morgan fingerprint density at radius 1 is 0.815 bits per heavy atom. The monoisotopic (exact) mass is 468 g/mol. The fourth-order valence-electron chi connectivity index (χ4n) is 3.28. The van der Waals surface area contributed by atoms with Crippen molar-refractivity contribution in [3.8, 4) is 0 Å². The molecule has 0 aliphatic carbocycles. The molecule has 27 heavy (non-hydrogen) atoms. The predicted molar refractivity (Wildman–Crippen MR) is 126 cm³/mol. The molecule has 3 aromatic carbocycles. The summed E-state index contributed by atoms with van der Waals surface area (Å²) in [5.41, 5.74) is 4.40. The molecule has 3 nitrogen and oxygen atoms in total. The van der Waals surface area contributed by atoms with Crippen molar-refractivity contribution in [1.82, 2.24) is 0 Å². The lowest BCUT2D eigenvalue weighted by Gasteiger charge is -2.11. The number of halogens is 1. The average Bonchev–Trinajstić information content (AvgIpc) is 2.67. The number of benzene rings is 3. The largest absolute Gasteiger partial charge is 0.378 e. The molecule has 0 fully saturated rings. The van der Waals surface area contributed by atoms with E-state index in [-0.39, 0.29) is 24.0 Å². The van der Waals surface area contributed by atoms with Gasteiger partial charge in [0.1, 0.15) is 7.05 Å². The third-order valence-electron chi connectivity index (χ3n) is 4.83. The average molecular weight is 468 g/mol. The van der Waals surface area contributed by atoms with E-state index in [4.69, 9.17) is 0 Å². The highest BCUT2D eigenvalue weighted by atomic mass is 127. The topological polar surface area (TPSA) is 19.5 Å². The molecular weight excluding hydrogens is 445 g/mol. The standard InChI is InChI=1S/C23H22N3.HI/c1-25(2)19-11-9-18(10-12-19)24-16-20-13-14-22-21-7-5-4-6-17(21)8-15-23(22)26(20)3;/h4-16H,1-3H3;1H/q+1;. The van der Waals surface area contributed by atoms with E-state index in [1.807, 2.05) is 32.4 Å². The van der Waals surface area contributed by atoms with Crippen molar-refractivity contribution >= 4 is 63.2 Å². The number of anilines is 1. The molecule has 0 amide bonds. The van der Waals surface area contributed by atoms with Crippen LogP contribution in [0.1, 0.15) is 5.69 Å². The summed E-state index contributed by atoms with van der Waals surface area (Å²) in [7, 11) is 6.17. The molecule has 0 bridgehead atoms. The first kappa shape index (κ1) is 19.3.